The van der Waals surface area contributed by atoms with Crippen LogP contribution in [0.25, 0.3) is 0 Å². The van der Waals surface area contributed by atoms with Crippen molar-refractivity contribution in [2.75, 3.05) is 26.4 Å². The van der Waals surface area contributed by atoms with E-state index in [9.17, 15) is 9.13 Å². The molecule has 2 saturated heterocycles. The van der Waals surface area contributed by atoms with Crippen molar-refractivity contribution < 1.29 is 50.0 Å². The van der Waals surface area contributed by atoms with E-state index in [2.05, 4.69) is 9.05 Å². The third kappa shape index (κ3) is 4.44. The monoisotopic (exact) mass is 460 g/mol. The second-order valence-electron chi connectivity index (χ2n) is 4.02. The number of aliphatic hydroxyl groups is 4. The van der Waals surface area contributed by atoms with Crippen molar-refractivity contribution in [3.8, 4) is 0 Å². The van der Waals surface area contributed by atoms with Crippen molar-refractivity contribution in [3.05, 3.63) is 0 Å². The summed E-state index contributed by atoms with van der Waals surface area (Å²) < 4.78 is 51.7. The zero-order chi connectivity index (χ0) is 15.7. The molecule has 0 aromatic rings. The molecule has 2 fully saturated rings. The summed E-state index contributed by atoms with van der Waals surface area (Å²) >= 11 is -4.56. The standard InChI is InChI=1S/2C3H9O6P.Sn/c2*4-1-3(5)2-9-10(6,7)8;/h2*3-5H,1-2H2,(H2,6,7,8);/q;;+4/p-4. The van der Waals surface area contributed by atoms with Gasteiger partial charge in [-0.15, -0.1) is 0 Å². The van der Waals surface area contributed by atoms with Gasteiger partial charge in [0.05, 0.1) is 0 Å². The number of aliphatic hydroxyl groups excluding tert-OH is 4. The van der Waals surface area contributed by atoms with Gasteiger partial charge in [0.25, 0.3) is 0 Å². The van der Waals surface area contributed by atoms with Crippen molar-refractivity contribution in [2.45, 2.75) is 12.2 Å². The van der Waals surface area contributed by atoms with Crippen molar-refractivity contribution in [3.63, 3.8) is 0 Å². The predicted octanol–water partition coefficient (Wildman–Crippen LogP) is -1.53. The van der Waals surface area contributed by atoms with Crippen LogP contribution in [-0.4, -0.2) is 79.1 Å². The summed E-state index contributed by atoms with van der Waals surface area (Å²) in [5.74, 6) is 0. The molecule has 2 heterocycles. The first kappa shape index (κ1) is 18.2. The summed E-state index contributed by atoms with van der Waals surface area (Å²) in [7, 11) is -7.88. The third-order valence-electron chi connectivity index (χ3n) is 2.17. The molecule has 1 spiro atoms. The average Bonchev–Trinajstić information content (AvgIpc) is 2.38. The Bertz CT molecular complexity index is 405. The van der Waals surface area contributed by atoms with E-state index in [0.717, 1.165) is 0 Å². The molecular formula is C6H14O12P2Sn. The van der Waals surface area contributed by atoms with Crippen LogP contribution < -0.4 is 0 Å². The molecule has 21 heavy (non-hydrogen) atoms. The van der Waals surface area contributed by atoms with Crippen LogP contribution in [0.2, 0.25) is 0 Å². The number of hydrogen-bond donors (Lipinski definition) is 4. The fourth-order valence-corrected chi connectivity index (χ4v) is 18.6. The molecule has 0 bridgehead atoms. The van der Waals surface area contributed by atoms with Crippen molar-refractivity contribution in [1.82, 2.24) is 0 Å². The molecule has 0 aromatic carbocycles. The predicted molar refractivity (Wildman–Crippen MR) is 63.4 cm³/mol. The van der Waals surface area contributed by atoms with E-state index < -0.39 is 74.3 Å². The molecule has 0 aliphatic carbocycles. The van der Waals surface area contributed by atoms with Gasteiger partial charge in [-0.3, -0.25) is 0 Å². The van der Waals surface area contributed by atoms with Crippen LogP contribution in [0.15, 0.2) is 0 Å². The average molecular weight is 459 g/mol. The molecule has 15 heteroatoms. The molecule has 0 aromatic heterocycles. The third-order valence-corrected chi connectivity index (χ3v) is 20.2. The minimum atomic E-state index is -4.56. The molecule has 12 nitrogen and oxygen atoms in total. The molecule has 124 valence electrons. The van der Waals surface area contributed by atoms with Gasteiger partial charge in [-0.2, -0.15) is 0 Å². The van der Waals surface area contributed by atoms with Gasteiger partial charge in [0, 0.05) is 0 Å². The number of hydrogen-bond acceptors (Lipinski definition) is 12. The summed E-state index contributed by atoms with van der Waals surface area (Å²) in [5.41, 5.74) is 0. The van der Waals surface area contributed by atoms with E-state index in [4.69, 9.17) is 31.9 Å². The molecule has 2 aliphatic rings. The van der Waals surface area contributed by atoms with Gasteiger partial charge in [0.15, 0.2) is 0 Å². The van der Waals surface area contributed by atoms with Gasteiger partial charge >= 0.3 is 124 Å². The minimum absolute atomic E-state index is 0.493. The van der Waals surface area contributed by atoms with Gasteiger partial charge in [-0.05, 0) is 0 Å². The zero-order valence-electron chi connectivity index (χ0n) is 10.4. The molecule has 2 aliphatic heterocycles. The van der Waals surface area contributed by atoms with Crippen LogP contribution in [0, 0.1) is 0 Å². The molecule has 0 amide bonds. The quantitative estimate of drug-likeness (QED) is 0.245. The van der Waals surface area contributed by atoms with E-state index in [1.165, 1.54) is 0 Å². The van der Waals surface area contributed by atoms with Gasteiger partial charge in [-0.25, -0.2) is 0 Å². The van der Waals surface area contributed by atoms with Crippen molar-refractivity contribution in [2.24, 2.45) is 0 Å². The fraction of sp³-hybridized carbons (Fsp3) is 1.00. The Balaban J connectivity index is 1.73. The maximum atomic E-state index is 11.7. The Morgan fingerprint density at radius 1 is 0.857 bits per heavy atom. The molecule has 2 atom stereocenters. The molecular weight excluding hydrogens is 445 g/mol. The van der Waals surface area contributed by atoms with Gasteiger partial charge in [0.2, 0.25) is 0 Å². The van der Waals surface area contributed by atoms with Crippen LogP contribution in [0.4, 0.5) is 0 Å². The first-order chi connectivity index (χ1) is 9.74. The van der Waals surface area contributed by atoms with E-state index in [1.807, 2.05) is 0 Å². The van der Waals surface area contributed by atoms with Crippen molar-refractivity contribution >= 4 is 35.7 Å². The molecule has 2 rings (SSSR count). The van der Waals surface area contributed by atoms with Gasteiger partial charge < -0.3 is 0 Å². The summed E-state index contributed by atoms with van der Waals surface area (Å²) in [6.07, 6.45) is -2.51. The van der Waals surface area contributed by atoms with Crippen LogP contribution in [0.5, 0.6) is 0 Å². The Morgan fingerprint density at radius 3 is 1.48 bits per heavy atom. The Hall–Kier alpha value is 0.859. The van der Waals surface area contributed by atoms with Crippen LogP contribution in [0.1, 0.15) is 0 Å². The van der Waals surface area contributed by atoms with E-state index >= 15 is 0 Å². The second-order valence-corrected chi connectivity index (χ2v) is 16.2. The molecule has 0 radical (unpaired) electrons. The summed E-state index contributed by atoms with van der Waals surface area (Å²) in [5, 5.41) is 35.1. The first-order valence-corrected chi connectivity index (χ1v) is 13.2. The van der Waals surface area contributed by atoms with Gasteiger partial charge in [-0.1, -0.05) is 0 Å². The Labute approximate surface area is 124 Å². The fourth-order valence-electron chi connectivity index (χ4n) is 1.19. The van der Waals surface area contributed by atoms with Crippen molar-refractivity contribution in [1.29, 1.82) is 0 Å². The van der Waals surface area contributed by atoms with Crippen LogP contribution in [0.3, 0.4) is 0 Å². The SMILES string of the molecule is O=P1(OCC(O)CO)[O][Sn]2([O]1)[O]P(=O)(OCC(O)CO)[O]2. The number of phosphoric acid groups is 2. The topological polar surface area (TPSA) is 170 Å². The number of rotatable bonds is 8. The van der Waals surface area contributed by atoms with Crippen LogP contribution in [-0.2, 0) is 29.6 Å². The second kappa shape index (κ2) is 6.77. The molecule has 4 N–H and O–H groups in total. The van der Waals surface area contributed by atoms with Gasteiger partial charge in [0.1, 0.15) is 0 Å². The molecule has 0 saturated carbocycles. The summed E-state index contributed by atoms with van der Waals surface area (Å²) in [4.78, 5) is 0. The first-order valence-electron chi connectivity index (χ1n) is 5.64. The van der Waals surface area contributed by atoms with E-state index in [0.29, 0.717) is 0 Å². The van der Waals surface area contributed by atoms with E-state index in [1.54, 1.807) is 0 Å². The maximum absolute atomic E-state index is 11.7. The molecule has 2 unspecified atom stereocenters. The summed E-state index contributed by atoms with van der Waals surface area (Å²) in [6.45, 7) is -2.19. The normalized spacial score (nSPS) is 41.3. The summed E-state index contributed by atoms with van der Waals surface area (Å²) in [6, 6.07) is 0. The Morgan fingerprint density at radius 2 is 1.19 bits per heavy atom. The Kier molecular flexibility index (Phi) is 5.87. The zero-order valence-corrected chi connectivity index (χ0v) is 15.1. The van der Waals surface area contributed by atoms with Crippen LogP contribution >= 0.6 is 15.6 Å². The van der Waals surface area contributed by atoms with E-state index in [-0.39, 0.29) is 0 Å².